The molecule has 0 bridgehead atoms. The van der Waals surface area contributed by atoms with Gasteiger partial charge in [-0.15, -0.1) is 0 Å². The predicted octanol–water partition coefficient (Wildman–Crippen LogP) is 5.64. The van der Waals surface area contributed by atoms with E-state index in [2.05, 4.69) is 53.3 Å². The van der Waals surface area contributed by atoms with Crippen molar-refractivity contribution in [2.75, 3.05) is 19.6 Å². The zero-order valence-electron chi connectivity index (χ0n) is 21.7. The van der Waals surface area contributed by atoms with E-state index < -0.39 is 0 Å². The molecule has 2 aromatic carbocycles. The number of aromatic nitrogens is 1. The molecular weight excluding hydrogens is 470 g/mol. The Bertz CT molecular complexity index is 1130. The highest BCUT2D eigenvalue weighted by Gasteiger charge is 2.19. The van der Waals surface area contributed by atoms with Crippen molar-refractivity contribution < 1.29 is 9.90 Å². The van der Waals surface area contributed by atoms with Crippen LogP contribution in [0.4, 0.5) is 0 Å². The second-order valence-electron chi connectivity index (χ2n) is 9.59. The maximum absolute atomic E-state index is 13.1. The van der Waals surface area contributed by atoms with E-state index in [-0.39, 0.29) is 22.6 Å². The lowest BCUT2D eigenvalue weighted by Crippen LogP contribution is -2.40. The molecule has 0 unspecified atom stereocenters. The molecule has 0 spiro atoms. The van der Waals surface area contributed by atoms with E-state index >= 15 is 0 Å². The summed E-state index contributed by atoms with van der Waals surface area (Å²) in [5.41, 5.74) is 2.95. The van der Waals surface area contributed by atoms with E-state index in [1.807, 2.05) is 12.1 Å². The highest BCUT2D eigenvalue weighted by Crippen LogP contribution is 2.28. The Morgan fingerprint density at radius 2 is 1.86 bits per heavy atom. The fourth-order valence-corrected chi connectivity index (χ4v) is 5.53. The summed E-state index contributed by atoms with van der Waals surface area (Å²) in [4.78, 5) is 29.5. The average Bonchev–Trinajstić information content (AvgIpc) is 3.28. The number of aromatic amines is 1. The third-order valence-electron chi connectivity index (χ3n) is 6.76. The van der Waals surface area contributed by atoms with Gasteiger partial charge in [0.2, 0.25) is 5.91 Å². The van der Waals surface area contributed by atoms with Crippen molar-refractivity contribution in [2.45, 2.75) is 77.7 Å². The summed E-state index contributed by atoms with van der Waals surface area (Å²) in [5, 5.41) is 13.4. The Labute approximate surface area is 218 Å². The van der Waals surface area contributed by atoms with Crippen molar-refractivity contribution in [1.29, 1.82) is 0 Å². The number of amides is 1. The highest BCUT2D eigenvalue weighted by atomic mass is 32.1. The number of aromatic hydroxyl groups is 1. The molecule has 36 heavy (non-hydrogen) atoms. The number of nitrogens with zero attached hydrogens (tertiary/aromatic N) is 1. The molecule has 0 saturated heterocycles. The Morgan fingerprint density at radius 1 is 1.06 bits per heavy atom. The number of phenolic OH excluding ortho intramolecular Hbond substituents is 1. The van der Waals surface area contributed by atoms with E-state index in [9.17, 15) is 14.7 Å². The molecule has 0 aliphatic heterocycles. The number of phenols is 1. The van der Waals surface area contributed by atoms with Crippen LogP contribution in [0.25, 0.3) is 10.2 Å². The average molecular weight is 512 g/mol. The van der Waals surface area contributed by atoms with Gasteiger partial charge < -0.3 is 20.3 Å². The van der Waals surface area contributed by atoms with Gasteiger partial charge in [0, 0.05) is 25.6 Å². The molecule has 0 saturated carbocycles. The maximum Gasteiger partial charge on any atom is 0.305 e. The number of nitrogens with one attached hydrogen (secondary N) is 2. The summed E-state index contributed by atoms with van der Waals surface area (Å²) in [5.74, 6) is 0.361. The molecule has 0 aliphatic carbocycles. The van der Waals surface area contributed by atoms with Gasteiger partial charge in [-0.1, -0.05) is 73.9 Å². The first-order valence-corrected chi connectivity index (χ1v) is 14.2. The summed E-state index contributed by atoms with van der Waals surface area (Å²) in [6, 6.07) is 14.2. The van der Waals surface area contributed by atoms with Gasteiger partial charge >= 0.3 is 4.87 Å². The van der Waals surface area contributed by atoms with E-state index in [0.717, 1.165) is 86.1 Å². The highest BCUT2D eigenvalue weighted by molar-refractivity contribution is 7.16. The van der Waals surface area contributed by atoms with Crippen molar-refractivity contribution in [3.8, 4) is 5.75 Å². The van der Waals surface area contributed by atoms with Gasteiger partial charge in [0.05, 0.1) is 4.70 Å². The minimum atomic E-state index is -0.141. The monoisotopic (exact) mass is 511 g/mol. The number of thiazole rings is 1. The molecule has 7 heteroatoms. The summed E-state index contributed by atoms with van der Waals surface area (Å²) >= 11 is 1.16. The van der Waals surface area contributed by atoms with Crippen LogP contribution in [0.1, 0.15) is 69.9 Å². The number of hydrogen-bond acceptors (Lipinski definition) is 5. The van der Waals surface area contributed by atoms with Crippen LogP contribution < -0.4 is 10.2 Å². The number of hydrogen-bond donors (Lipinski definition) is 3. The second-order valence-corrected chi connectivity index (χ2v) is 10.6. The molecule has 3 aromatic rings. The predicted molar refractivity (Wildman–Crippen MR) is 150 cm³/mol. The smallest absolute Gasteiger partial charge is 0.305 e. The van der Waals surface area contributed by atoms with Gasteiger partial charge in [-0.05, 0) is 62.8 Å². The number of unbranched alkanes of at least 4 members (excludes halogenated alkanes) is 3. The zero-order valence-corrected chi connectivity index (χ0v) is 22.5. The first-order chi connectivity index (χ1) is 17.5. The minimum Gasteiger partial charge on any atom is -0.506 e. The van der Waals surface area contributed by atoms with Crippen molar-refractivity contribution in [3.05, 3.63) is 63.3 Å². The van der Waals surface area contributed by atoms with Crippen LogP contribution >= 0.6 is 11.3 Å². The largest absolute Gasteiger partial charge is 0.506 e. The lowest BCUT2D eigenvalue weighted by atomic mass is 10.0. The number of fused-ring (bicyclic) bond motifs is 1. The van der Waals surface area contributed by atoms with Crippen molar-refractivity contribution in [3.63, 3.8) is 0 Å². The third kappa shape index (κ3) is 8.49. The van der Waals surface area contributed by atoms with E-state index in [0.29, 0.717) is 18.5 Å². The van der Waals surface area contributed by atoms with Crippen molar-refractivity contribution in [2.24, 2.45) is 0 Å². The summed E-state index contributed by atoms with van der Waals surface area (Å²) in [7, 11) is 0. The minimum absolute atomic E-state index is 0.122. The van der Waals surface area contributed by atoms with Crippen molar-refractivity contribution >= 4 is 27.5 Å². The number of rotatable bonds is 16. The Kier molecular flexibility index (Phi) is 11.5. The van der Waals surface area contributed by atoms with Gasteiger partial charge in [-0.3, -0.25) is 9.59 Å². The van der Waals surface area contributed by atoms with E-state index in [1.165, 1.54) is 5.56 Å². The first kappa shape index (κ1) is 27.9. The Hall–Kier alpha value is -2.64. The molecule has 0 radical (unpaired) electrons. The molecule has 6 nitrogen and oxygen atoms in total. The lowest BCUT2D eigenvalue weighted by Gasteiger charge is -2.30. The second kappa shape index (κ2) is 14.8. The number of carbonyl (C=O) groups excluding carboxylic acids is 1. The molecule has 3 rings (SSSR count). The van der Waals surface area contributed by atoms with Crippen LogP contribution in [0.2, 0.25) is 0 Å². The van der Waals surface area contributed by atoms with Crippen LogP contribution in [0.3, 0.4) is 0 Å². The molecule has 1 heterocycles. The molecule has 1 aromatic heterocycles. The molecule has 0 fully saturated rings. The van der Waals surface area contributed by atoms with Crippen LogP contribution in [-0.4, -0.2) is 46.6 Å². The fraction of sp³-hybridized carbons (Fsp3) is 0.517. The number of carbonyl (C=O) groups is 1. The number of H-pyrrole nitrogens is 1. The van der Waals surface area contributed by atoms with Crippen LogP contribution in [0.15, 0.2) is 47.3 Å². The van der Waals surface area contributed by atoms with Gasteiger partial charge in [0.25, 0.3) is 0 Å². The first-order valence-electron chi connectivity index (χ1n) is 13.4. The molecular formula is C29H41N3O3S. The summed E-state index contributed by atoms with van der Waals surface area (Å²) in [6.45, 7) is 6.74. The van der Waals surface area contributed by atoms with E-state index in [1.54, 1.807) is 6.07 Å². The standard InChI is InChI=1S/C29H41N3O3S/c1-3-4-11-22(2)32(26(34)18-20-30-19-17-23-12-7-5-8-13-23)21-10-6-9-14-24-15-16-25(33)27-28(24)36-29(35)31-27/h5,7-8,12-13,15-16,22,30,33H,3-4,6,9-11,14,17-21H2,1-2H3,(H,31,35)/t22-/m0/s1. The van der Waals surface area contributed by atoms with Gasteiger partial charge in [-0.25, -0.2) is 0 Å². The van der Waals surface area contributed by atoms with Crippen LogP contribution in [0.5, 0.6) is 5.75 Å². The van der Waals surface area contributed by atoms with E-state index in [4.69, 9.17) is 0 Å². The Morgan fingerprint density at radius 3 is 2.64 bits per heavy atom. The molecule has 1 amide bonds. The van der Waals surface area contributed by atoms with Gasteiger partial charge in [0.1, 0.15) is 11.3 Å². The third-order valence-corrected chi connectivity index (χ3v) is 7.72. The van der Waals surface area contributed by atoms with Gasteiger partial charge in [-0.2, -0.15) is 0 Å². The van der Waals surface area contributed by atoms with Crippen LogP contribution in [-0.2, 0) is 17.6 Å². The topological polar surface area (TPSA) is 85.4 Å². The quantitative estimate of drug-likeness (QED) is 0.217. The molecule has 196 valence electrons. The number of benzene rings is 2. The fourth-order valence-electron chi connectivity index (χ4n) is 4.63. The SMILES string of the molecule is CCCC[C@H](C)N(CCCCCc1ccc(O)c2[nH]c(=O)sc12)C(=O)CCNCCc1ccccc1. The molecule has 1 atom stereocenters. The normalized spacial score (nSPS) is 12.2. The van der Waals surface area contributed by atoms with Gasteiger partial charge in [0.15, 0.2) is 0 Å². The summed E-state index contributed by atoms with van der Waals surface area (Å²) in [6.07, 6.45) is 8.64. The summed E-state index contributed by atoms with van der Waals surface area (Å²) < 4.78 is 0.852. The number of aryl methyl sites for hydroxylation is 1. The molecule has 3 N–H and O–H groups in total. The van der Waals surface area contributed by atoms with Crippen LogP contribution in [0, 0.1) is 0 Å². The molecule has 0 aliphatic rings. The zero-order chi connectivity index (χ0) is 25.8. The van der Waals surface area contributed by atoms with Crippen molar-refractivity contribution in [1.82, 2.24) is 15.2 Å². The lowest BCUT2D eigenvalue weighted by molar-refractivity contribution is -0.133. The Balaban J connectivity index is 1.43. The maximum atomic E-state index is 13.1.